The van der Waals surface area contributed by atoms with Crippen molar-refractivity contribution in [1.82, 2.24) is 0 Å². The fourth-order valence-electron chi connectivity index (χ4n) is 6.51. The zero-order chi connectivity index (χ0) is 22.2. The van der Waals surface area contributed by atoms with E-state index in [1.807, 2.05) is 0 Å². The Kier molecular flexibility index (Phi) is 4.74. The number of esters is 1. The maximum atomic E-state index is 14.0. The highest BCUT2D eigenvalue weighted by Crippen LogP contribution is 2.70. The molecule has 2 saturated carbocycles. The van der Waals surface area contributed by atoms with Gasteiger partial charge in [-0.2, -0.15) is 0 Å². The molecule has 6 heteroatoms. The van der Waals surface area contributed by atoms with Gasteiger partial charge in [0.1, 0.15) is 6.10 Å². The summed E-state index contributed by atoms with van der Waals surface area (Å²) in [5, 5.41) is 33.3. The molecule has 0 heterocycles. The van der Waals surface area contributed by atoms with E-state index in [0.717, 1.165) is 6.42 Å². The normalized spacial score (nSPS) is 44.2. The number of allylic oxidation sites excluding steroid dienone is 2. The summed E-state index contributed by atoms with van der Waals surface area (Å²) in [5.41, 5.74) is -2.30. The molecule has 2 fully saturated rings. The third-order valence-corrected chi connectivity index (χ3v) is 8.45. The Morgan fingerprint density at radius 2 is 2.03 bits per heavy atom. The number of hydrogen-bond acceptors (Lipinski definition) is 6. The van der Waals surface area contributed by atoms with Crippen LogP contribution in [0.5, 0.6) is 0 Å². The van der Waals surface area contributed by atoms with Crippen LogP contribution in [-0.2, 0) is 14.3 Å². The first-order chi connectivity index (χ1) is 14.0. The molecule has 0 aromatic heterocycles. The van der Waals surface area contributed by atoms with Crippen LogP contribution >= 0.6 is 0 Å². The second-order valence-corrected chi connectivity index (χ2v) is 10.1. The predicted octanol–water partition coefficient (Wildman–Crippen LogP) is 2.09. The van der Waals surface area contributed by atoms with Crippen LogP contribution in [0.3, 0.4) is 0 Å². The molecule has 0 amide bonds. The molecular weight excluding hydrogens is 384 g/mol. The molecule has 4 aliphatic carbocycles. The van der Waals surface area contributed by atoms with E-state index in [9.17, 15) is 24.9 Å². The predicted molar refractivity (Wildman–Crippen MR) is 110 cm³/mol. The van der Waals surface area contributed by atoms with Crippen LogP contribution in [0.25, 0.3) is 0 Å². The van der Waals surface area contributed by atoms with Crippen LogP contribution in [-0.4, -0.2) is 51.5 Å². The summed E-state index contributed by atoms with van der Waals surface area (Å²) >= 11 is 0. The zero-order valence-electron chi connectivity index (χ0n) is 18.3. The monoisotopic (exact) mass is 416 g/mol. The molecule has 0 aromatic carbocycles. The number of ether oxygens (including phenoxy) is 1. The van der Waals surface area contributed by atoms with Crippen molar-refractivity contribution in [2.75, 3.05) is 6.61 Å². The Balaban J connectivity index is 1.92. The van der Waals surface area contributed by atoms with Crippen LogP contribution in [0, 0.1) is 28.6 Å². The first kappa shape index (κ1) is 21.5. The third kappa shape index (κ3) is 2.47. The zero-order valence-corrected chi connectivity index (χ0v) is 18.3. The van der Waals surface area contributed by atoms with Gasteiger partial charge in [-0.3, -0.25) is 4.79 Å². The lowest BCUT2D eigenvalue weighted by atomic mass is 9.63. The van der Waals surface area contributed by atoms with Gasteiger partial charge in [0.05, 0.1) is 12.0 Å². The van der Waals surface area contributed by atoms with Gasteiger partial charge in [0.25, 0.3) is 0 Å². The van der Waals surface area contributed by atoms with Crippen molar-refractivity contribution in [2.24, 2.45) is 28.6 Å². The molecule has 0 aliphatic heterocycles. The molecule has 3 N–H and O–H groups in total. The molecule has 0 radical (unpaired) electrons. The van der Waals surface area contributed by atoms with E-state index < -0.39 is 41.7 Å². The van der Waals surface area contributed by atoms with E-state index >= 15 is 0 Å². The van der Waals surface area contributed by atoms with Crippen LogP contribution in [0.2, 0.25) is 0 Å². The third-order valence-electron chi connectivity index (χ3n) is 8.45. The summed E-state index contributed by atoms with van der Waals surface area (Å²) in [6.45, 7) is 8.81. The standard InChI is InChI=1S/C24H32O6/c1-6-12(2)21(28)30-20-14(11-25)9-15-17-16(22(17,4)5)7-8-23(19(15)27)10-13(3)18(26)24(20,23)29/h6,9-10,15-18,20,25-26,29H,7-8,11H2,1-5H3/b12-6-/t15-,16+,17-,18-,20+,23?,24+/m0/s1. The fourth-order valence-corrected chi connectivity index (χ4v) is 6.51. The van der Waals surface area contributed by atoms with Crippen LogP contribution in [0.4, 0.5) is 0 Å². The first-order valence-electron chi connectivity index (χ1n) is 10.8. The highest BCUT2D eigenvalue weighted by Gasteiger charge is 2.74. The molecule has 0 saturated heterocycles. The molecule has 4 rings (SSSR count). The van der Waals surface area contributed by atoms with Crippen molar-refractivity contribution in [2.45, 2.75) is 65.3 Å². The minimum absolute atomic E-state index is 0.00878. The lowest BCUT2D eigenvalue weighted by Gasteiger charge is -2.46. The van der Waals surface area contributed by atoms with Crippen molar-refractivity contribution in [3.05, 3.63) is 34.9 Å². The second kappa shape index (κ2) is 6.62. The van der Waals surface area contributed by atoms with Crippen molar-refractivity contribution >= 4 is 11.8 Å². The summed E-state index contributed by atoms with van der Waals surface area (Å²) in [4.78, 5) is 26.6. The summed E-state index contributed by atoms with van der Waals surface area (Å²) in [6.07, 6.45) is 3.43. The van der Waals surface area contributed by atoms with E-state index in [4.69, 9.17) is 4.74 Å². The Bertz CT molecular complexity index is 895. The minimum Gasteiger partial charge on any atom is -0.451 e. The number of Topliss-reactive ketones (excluding diaryl/α,β-unsaturated/α-hetero) is 1. The molecule has 1 unspecified atom stereocenters. The van der Waals surface area contributed by atoms with Crippen LogP contribution in [0.1, 0.15) is 47.5 Å². The first-order valence-corrected chi connectivity index (χ1v) is 10.8. The molecule has 4 aliphatic rings. The Hall–Kier alpha value is -1.76. The maximum Gasteiger partial charge on any atom is 0.334 e. The average Bonchev–Trinajstić information content (AvgIpc) is 3.25. The van der Waals surface area contributed by atoms with Gasteiger partial charge in [0.2, 0.25) is 0 Å². The van der Waals surface area contributed by atoms with Gasteiger partial charge in [-0.25, -0.2) is 4.79 Å². The van der Waals surface area contributed by atoms with Gasteiger partial charge in [-0.1, -0.05) is 32.1 Å². The number of aliphatic hydroxyl groups is 3. The molecular formula is C24H32O6. The van der Waals surface area contributed by atoms with E-state index in [1.165, 1.54) is 0 Å². The van der Waals surface area contributed by atoms with E-state index in [1.54, 1.807) is 39.0 Å². The molecule has 164 valence electrons. The topological polar surface area (TPSA) is 104 Å². The second-order valence-electron chi connectivity index (χ2n) is 10.1. The number of carbonyl (C=O) groups is 2. The molecule has 30 heavy (non-hydrogen) atoms. The van der Waals surface area contributed by atoms with Gasteiger partial charge in [-0.15, -0.1) is 0 Å². The van der Waals surface area contributed by atoms with Crippen LogP contribution in [0.15, 0.2) is 34.9 Å². The number of ketones is 1. The number of aliphatic hydroxyl groups excluding tert-OH is 2. The molecule has 0 aromatic rings. The number of fused-ring (bicyclic) bond motifs is 3. The number of rotatable bonds is 3. The minimum atomic E-state index is -2.05. The highest BCUT2D eigenvalue weighted by atomic mass is 16.6. The van der Waals surface area contributed by atoms with E-state index in [2.05, 4.69) is 13.8 Å². The average molecular weight is 417 g/mol. The quantitative estimate of drug-likeness (QED) is 0.370. The smallest absolute Gasteiger partial charge is 0.334 e. The number of carbonyl (C=O) groups excluding carboxylic acids is 2. The SMILES string of the molecule is C/C=C(/C)C(=O)O[C@@H]1C(CO)=C[C@@H]2C(=O)C3(C=C(C)[C@H](O)[C@@]13O)CC[C@@H]1[C@H]2C1(C)C. The van der Waals surface area contributed by atoms with Gasteiger partial charge in [0, 0.05) is 11.5 Å². The fraction of sp³-hybridized carbons (Fsp3) is 0.667. The molecule has 2 bridgehead atoms. The highest BCUT2D eigenvalue weighted by molar-refractivity contribution is 5.95. The van der Waals surface area contributed by atoms with Crippen molar-refractivity contribution in [1.29, 1.82) is 0 Å². The molecule has 1 spiro atoms. The number of hydrogen-bond donors (Lipinski definition) is 3. The van der Waals surface area contributed by atoms with Crippen molar-refractivity contribution in [3.8, 4) is 0 Å². The van der Waals surface area contributed by atoms with Gasteiger partial charge in [-0.05, 0) is 62.0 Å². The summed E-state index contributed by atoms with van der Waals surface area (Å²) in [5.74, 6) is -0.850. The van der Waals surface area contributed by atoms with Crippen molar-refractivity contribution < 1.29 is 29.6 Å². The molecule has 6 nitrogen and oxygen atoms in total. The van der Waals surface area contributed by atoms with Gasteiger partial charge < -0.3 is 20.1 Å². The largest absolute Gasteiger partial charge is 0.451 e. The Morgan fingerprint density at radius 1 is 1.37 bits per heavy atom. The lowest BCUT2D eigenvalue weighted by Crippen LogP contribution is -2.64. The molecule has 7 atom stereocenters. The summed E-state index contributed by atoms with van der Waals surface area (Å²) in [6, 6.07) is 0. The Labute approximate surface area is 177 Å². The maximum absolute atomic E-state index is 14.0. The van der Waals surface area contributed by atoms with Gasteiger partial charge >= 0.3 is 5.97 Å². The van der Waals surface area contributed by atoms with Crippen molar-refractivity contribution in [3.63, 3.8) is 0 Å². The summed E-state index contributed by atoms with van der Waals surface area (Å²) < 4.78 is 5.73. The summed E-state index contributed by atoms with van der Waals surface area (Å²) in [7, 11) is 0. The van der Waals surface area contributed by atoms with E-state index in [-0.39, 0.29) is 22.7 Å². The Morgan fingerprint density at radius 3 is 2.63 bits per heavy atom. The lowest BCUT2D eigenvalue weighted by molar-refractivity contribution is -0.195. The van der Waals surface area contributed by atoms with E-state index in [0.29, 0.717) is 23.5 Å². The van der Waals surface area contributed by atoms with Crippen LogP contribution < -0.4 is 0 Å². The van der Waals surface area contributed by atoms with Gasteiger partial charge in [0.15, 0.2) is 17.5 Å².